The molecule has 4 nitrogen and oxygen atoms in total. The molecule has 1 heterocycles. The lowest BCUT2D eigenvalue weighted by Crippen LogP contribution is -2.09. The van der Waals surface area contributed by atoms with Crippen LogP contribution in [0.2, 0.25) is 0 Å². The van der Waals surface area contributed by atoms with Crippen LogP contribution in [0, 0.1) is 0 Å². The maximum absolute atomic E-state index is 13.2. The van der Waals surface area contributed by atoms with Crippen molar-refractivity contribution >= 4 is 16.6 Å². The van der Waals surface area contributed by atoms with Crippen LogP contribution < -0.4 is 10.5 Å². The van der Waals surface area contributed by atoms with Gasteiger partial charge in [0.25, 0.3) is 0 Å². The highest BCUT2D eigenvalue weighted by atomic mass is 16.5. The molecule has 1 aromatic heterocycles. The van der Waals surface area contributed by atoms with Gasteiger partial charge in [0.15, 0.2) is 5.78 Å². The molecule has 0 fully saturated rings. The molecule has 2 aromatic carbocycles. The number of fused-ring (bicyclic) bond motifs is 2. The Morgan fingerprint density at radius 1 is 1.25 bits per heavy atom. The van der Waals surface area contributed by atoms with Gasteiger partial charge in [0.1, 0.15) is 5.75 Å². The molecule has 0 radical (unpaired) electrons. The zero-order valence-electron chi connectivity index (χ0n) is 13.5. The molecule has 0 saturated heterocycles. The number of carbonyl (C=O) groups is 1. The van der Waals surface area contributed by atoms with Crippen LogP contribution in [0.3, 0.4) is 0 Å². The predicted octanol–water partition coefficient (Wildman–Crippen LogP) is 3.42. The van der Waals surface area contributed by atoms with Crippen molar-refractivity contribution in [2.75, 3.05) is 7.11 Å². The molecule has 4 rings (SSSR count). The Hall–Kier alpha value is -2.72. The van der Waals surface area contributed by atoms with Gasteiger partial charge in [-0.2, -0.15) is 0 Å². The third-order valence-electron chi connectivity index (χ3n) is 4.76. The summed E-state index contributed by atoms with van der Waals surface area (Å²) in [6.45, 7) is 0. The third kappa shape index (κ3) is 2.27. The van der Waals surface area contributed by atoms with E-state index in [-0.39, 0.29) is 11.8 Å². The minimum atomic E-state index is -0.0353. The zero-order valence-corrected chi connectivity index (χ0v) is 13.5. The molecule has 2 N–H and O–H groups in total. The van der Waals surface area contributed by atoms with Crippen molar-refractivity contribution in [2.24, 2.45) is 5.73 Å². The SMILES string of the molecule is COc1cc2c(cc1C(=O)c1cccc3cnccc13)CCC2N. The number of ketones is 1. The van der Waals surface area contributed by atoms with Crippen molar-refractivity contribution < 1.29 is 9.53 Å². The first-order valence-corrected chi connectivity index (χ1v) is 8.03. The van der Waals surface area contributed by atoms with Crippen molar-refractivity contribution in [3.8, 4) is 5.75 Å². The molecule has 1 aliphatic carbocycles. The first-order valence-electron chi connectivity index (χ1n) is 8.03. The molecule has 0 saturated carbocycles. The first kappa shape index (κ1) is 14.8. The lowest BCUT2D eigenvalue weighted by Gasteiger charge is -2.13. The van der Waals surface area contributed by atoms with Crippen molar-refractivity contribution in [2.45, 2.75) is 18.9 Å². The zero-order chi connectivity index (χ0) is 16.7. The fraction of sp³-hybridized carbons (Fsp3) is 0.200. The van der Waals surface area contributed by atoms with E-state index in [1.807, 2.05) is 36.4 Å². The number of methoxy groups -OCH3 is 1. The second kappa shape index (κ2) is 5.73. The second-order valence-electron chi connectivity index (χ2n) is 6.13. The van der Waals surface area contributed by atoms with Crippen LogP contribution in [-0.4, -0.2) is 17.9 Å². The van der Waals surface area contributed by atoms with Gasteiger partial charge in [0.05, 0.1) is 12.7 Å². The van der Waals surface area contributed by atoms with Gasteiger partial charge in [-0.25, -0.2) is 0 Å². The number of hydrogen-bond acceptors (Lipinski definition) is 4. The molecular weight excluding hydrogens is 300 g/mol. The van der Waals surface area contributed by atoms with Crippen LogP contribution in [-0.2, 0) is 6.42 Å². The summed E-state index contributed by atoms with van der Waals surface area (Å²) in [4.78, 5) is 17.3. The number of aryl methyl sites for hydroxylation is 1. The van der Waals surface area contributed by atoms with Gasteiger partial charge in [-0.1, -0.05) is 18.2 Å². The average Bonchev–Trinajstić information content (AvgIpc) is 2.99. The van der Waals surface area contributed by atoms with E-state index in [0.29, 0.717) is 16.9 Å². The number of hydrogen-bond donors (Lipinski definition) is 1. The molecule has 1 unspecified atom stereocenters. The minimum absolute atomic E-state index is 0.0293. The molecule has 1 atom stereocenters. The largest absolute Gasteiger partial charge is 0.496 e. The average molecular weight is 318 g/mol. The molecule has 1 aliphatic rings. The van der Waals surface area contributed by atoms with Crippen LogP contribution in [0.15, 0.2) is 48.8 Å². The number of benzene rings is 2. The Morgan fingerprint density at radius 3 is 2.96 bits per heavy atom. The summed E-state index contributed by atoms with van der Waals surface area (Å²) in [7, 11) is 1.59. The van der Waals surface area contributed by atoms with Crippen LogP contribution >= 0.6 is 0 Å². The van der Waals surface area contributed by atoms with E-state index in [4.69, 9.17) is 10.5 Å². The smallest absolute Gasteiger partial charge is 0.197 e. The standard InChI is InChI=1S/C20H18N2O2/c1-24-19-10-16-12(5-6-18(16)21)9-17(19)20(23)15-4-2-3-13-11-22-8-7-14(13)15/h2-4,7-11,18H,5-6,21H2,1H3. The maximum atomic E-state index is 13.2. The Kier molecular flexibility index (Phi) is 3.54. The molecule has 0 aliphatic heterocycles. The number of ether oxygens (including phenoxy) is 1. The predicted molar refractivity (Wildman–Crippen MR) is 93.4 cm³/mol. The molecule has 24 heavy (non-hydrogen) atoms. The fourth-order valence-corrected chi connectivity index (χ4v) is 3.48. The number of pyridine rings is 1. The molecular formula is C20H18N2O2. The fourth-order valence-electron chi connectivity index (χ4n) is 3.48. The van der Waals surface area contributed by atoms with Gasteiger partial charge in [-0.05, 0) is 47.6 Å². The summed E-state index contributed by atoms with van der Waals surface area (Å²) in [5, 5.41) is 1.85. The summed E-state index contributed by atoms with van der Waals surface area (Å²) in [6, 6.07) is 11.5. The highest BCUT2D eigenvalue weighted by Gasteiger charge is 2.25. The van der Waals surface area contributed by atoms with E-state index in [2.05, 4.69) is 4.98 Å². The van der Waals surface area contributed by atoms with Crippen LogP contribution in [0.5, 0.6) is 5.75 Å². The van der Waals surface area contributed by atoms with E-state index in [1.54, 1.807) is 19.5 Å². The summed E-state index contributed by atoms with van der Waals surface area (Å²) >= 11 is 0. The monoisotopic (exact) mass is 318 g/mol. The van der Waals surface area contributed by atoms with Gasteiger partial charge >= 0.3 is 0 Å². The Morgan fingerprint density at radius 2 is 2.12 bits per heavy atom. The molecule has 0 amide bonds. The lowest BCUT2D eigenvalue weighted by atomic mass is 9.95. The van der Waals surface area contributed by atoms with Crippen LogP contribution in [0.1, 0.15) is 39.5 Å². The van der Waals surface area contributed by atoms with E-state index in [1.165, 1.54) is 0 Å². The van der Waals surface area contributed by atoms with Gasteiger partial charge in [0, 0.05) is 29.4 Å². The molecule has 0 bridgehead atoms. The maximum Gasteiger partial charge on any atom is 0.197 e. The van der Waals surface area contributed by atoms with Gasteiger partial charge < -0.3 is 10.5 Å². The normalized spacial score (nSPS) is 16.2. The third-order valence-corrected chi connectivity index (χ3v) is 4.76. The number of carbonyl (C=O) groups excluding carboxylic acids is 1. The Bertz CT molecular complexity index is 944. The van der Waals surface area contributed by atoms with Gasteiger partial charge in [-0.15, -0.1) is 0 Å². The Balaban J connectivity index is 1.88. The van der Waals surface area contributed by atoms with Crippen molar-refractivity contribution in [1.82, 2.24) is 4.98 Å². The summed E-state index contributed by atoms with van der Waals surface area (Å²) in [5.74, 6) is 0.550. The van der Waals surface area contributed by atoms with Gasteiger partial charge in [-0.3, -0.25) is 9.78 Å². The number of aromatic nitrogens is 1. The van der Waals surface area contributed by atoms with Gasteiger partial charge in [0.2, 0.25) is 0 Å². The van der Waals surface area contributed by atoms with Crippen LogP contribution in [0.4, 0.5) is 0 Å². The summed E-state index contributed by atoms with van der Waals surface area (Å²) in [6.07, 6.45) is 5.29. The first-order chi connectivity index (χ1) is 11.7. The van der Waals surface area contributed by atoms with Crippen molar-refractivity contribution in [3.05, 3.63) is 71.0 Å². The highest BCUT2D eigenvalue weighted by molar-refractivity contribution is 6.17. The van der Waals surface area contributed by atoms with Crippen molar-refractivity contribution in [1.29, 1.82) is 0 Å². The highest BCUT2D eigenvalue weighted by Crippen LogP contribution is 2.36. The number of nitrogens with two attached hydrogens (primary N) is 1. The van der Waals surface area contributed by atoms with Crippen molar-refractivity contribution in [3.63, 3.8) is 0 Å². The number of nitrogens with zero attached hydrogens (tertiary/aromatic N) is 1. The second-order valence-corrected chi connectivity index (χ2v) is 6.13. The lowest BCUT2D eigenvalue weighted by molar-refractivity contribution is 0.103. The molecule has 4 heteroatoms. The molecule has 0 spiro atoms. The quantitative estimate of drug-likeness (QED) is 0.752. The summed E-state index contributed by atoms with van der Waals surface area (Å²) < 4.78 is 5.48. The minimum Gasteiger partial charge on any atom is -0.496 e. The number of rotatable bonds is 3. The van der Waals surface area contributed by atoms with Crippen LogP contribution in [0.25, 0.3) is 10.8 Å². The molecule has 120 valence electrons. The Labute approximate surface area is 140 Å². The van der Waals surface area contributed by atoms with E-state index < -0.39 is 0 Å². The summed E-state index contributed by atoms with van der Waals surface area (Å²) in [5.41, 5.74) is 9.62. The topological polar surface area (TPSA) is 65.2 Å². The van der Waals surface area contributed by atoms with E-state index >= 15 is 0 Å². The molecule has 3 aromatic rings. The van der Waals surface area contributed by atoms with E-state index in [9.17, 15) is 4.79 Å². The van der Waals surface area contributed by atoms with E-state index in [0.717, 1.165) is 34.7 Å².